The van der Waals surface area contributed by atoms with Gasteiger partial charge < -0.3 is 10.5 Å². The molecule has 0 aliphatic heterocycles. The van der Waals surface area contributed by atoms with Crippen LogP contribution in [-0.4, -0.2) is 27.3 Å². The van der Waals surface area contributed by atoms with Gasteiger partial charge in [0, 0.05) is 17.1 Å². The van der Waals surface area contributed by atoms with E-state index in [1.54, 1.807) is 6.20 Å². The highest BCUT2D eigenvalue weighted by molar-refractivity contribution is 5.90. The molecular weight excluding hydrogens is 276 g/mol. The normalized spacial score (nSPS) is 11.8. The molecule has 1 aromatic carbocycles. The molecule has 22 heavy (non-hydrogen) atoms. The van der Waals surface area contributed by atoms with Gasteiger partial charge in [-0.05, 0) is 63.2 Å². The Morgan fingerprint density at radius 2 is 1.95 bits per heavy atom. The lowest BCUT2D eigenvalue weighted by Gasteiger charge is -2.26. The standard InChI is InChI=1S/C17H20N4O/c1-17(2,9-10-18)22-13-7-5-12(6-8-13)15-14-4-3-11-19-16(14)21-20-15/h3-8,11H,9-10,18H2,1-2H3,(H,19,20,21). The molecule has 3 aromatic rings. The highest BCUT2D eigenvalue weighted by atomic mass is 16.5. The van der Waals surface area contributed by atoms with Crippen molar-refractivity contribution in [3.05, 3.63) is 42.6 Å². The Hall–Kier alpha value is -2.40. The maximum absolute atomic E-state index is 5.98. The van der Waals surface area contributed by atoms with Crippen LogP contribution < -0.4 is 10.5 Å². The summed E-state index contributed by atoms with van der Waals surface area (Å²) in [5, 5.41) is 8.32. The number of pyridine rings is 1. The first-order valence-corrected chi connectivity index (χ1v) is 7.38. The van der Waals surface area contributed by atoms with Crippen LogP contribution in [0.5, 0.6) is 5.75 Å². The van der Waals surface area contributed by atoms with Crippen molar-refractivity contribution in [2.75, 3.05) is 6.54 Å². The molecule has 0 saturated heterocycles. The molecule has 0 aliphatic rings. The number of nitrogens with two attached hydrogens (primary N) is 1. The van der Waals surface area contributed by atoms with E-state index in [1.165, 1.54) is 0 Å². The van der Waals surface area contributed by atoms with Gasteiger partial charge in [-0.3, -0.25) is 5.10 Å². The fraction of sp³-hybridized carbons (Fsp3) is 0.294. The molecule has 0 amide bonds. The summed E-state index contributed by atoms with van der Waals surface area (Å²) >= 11 is 0. The summed E-state index contributed by atoms with van der Waals surface area (Å²) in [4.78, 5) is 4.26. The van der Waals surface area contributed by atoms with E-state index in [2.05, 4.69) is 15.2 Å². The van der Waals surface area contributed by atoms with Crippen molar-refractivity contribution < 1.29 is 4.74 Å². The zero-order chi connectivity index (χ0) is 15.6. The Balaban J connectivity index is 1.85. The number of benzene rings is 1. The highest BCUT2D eigenvalue weighted by Gasteiger charge is 2.18. The van der Waals surface area contributed by atoms with Crippen LogP contribution in [0.3, 0.4) is 0 Å². The molecule has 114 valence electrons. The molecule has 0 saturated carbocycles. The molecule has 3 rings (SSSR count). The number of rotatable bonds is 5. The molecule has 0 unspecified atom stereocenters. The van der Waals surface area contributed by atoms with E-state index in [1.807, 2.05) is 50.2 Å². The van der Waals surface area contributed by atoms with Crippen molar-refractivity contribution in [1.29, 1.82) is 0 Å². The van der Waals surface area contributed by atoms with Crippen molar-refractivity contribution in [3.63, 3.8) is 0 Å². The van der Waals surface area contributed by atoms with Gasteiger partial charge in [-0.15, -0.1) is 0 Å². The molecule has 0 radical (unpaired) electrons. The molecular formula is C17H20N4O. The van der Waals surface area contributed by atoms with Crippen molar-refractivity contribution in [3.8, 4) is 17.0 Å². The second-order valence-electron chi connectivity index (χ2n) is 5.90. The molecule has 0 atom stereocenters. The number of fused-ring (bicyclic) bond motifs is 1. The molecule has 0 bridgehead atoms. The number of nitrogens with zero attached hydrogens (tertiary/aromatic N) is 2. The Labute approximate surface area is 129 Å². The zero-order valence-electron chi connectivity index (χ0n) is 12.8. The van der Waals surface area contributed by atoms with Crippen LogP contribution in [0, 0.1) is 0 Å². The second kappa shape index (κ2) is 5.77. The Morgan fingerprint density at radius 3 is 2.68 bits per heavy atom. The van der Waals surface area contributed by atoms with Gasteiger partial charge in [0.15, 0.2) is 5.65 Å². The molecule has 0 aliphatic carbocycles. The number of aromatic nitrogens is 3. The number of nitrogens with one attached hydrogen (secondary N) is 1. The largest absolute Gasteiger partial charge is 0.488 e. The summed E-state index contributed by atoms with van der Waals surface area (Å²) in [5.74, 6) is 0.833. The van der Waals surface area contributed by atoms with E-state index >= 15 is 0 Å². The Kier molecular flexibility index (Phi) is 3.81. The predicted molar refractivity (Wildman–Crippen MR) is 87.7 cm³/mol. The summed E-state index contributed by atoms with van der Waals surface area (Å²) in [6, 6.07) is 11.9. The maximum atomic E-state index is 5.98. The van der Waals surface area contributed by atoms with Gasteiger partial charge in [-0.25, -0.2) is 4.98 Å². The van der Waals surface area contributed by atoms with Crippen LogP contribution >= 0.6 is 0 Å². The Morgan fingerprint density at radius 1 is 1.18 bits per heavy atom. The monoisotopic (exact) mass is 296 g/mol. The number of hydrogen-bond donors (Lipinski definition) is 2. The van der Waals surface area contributed by atoms with E-state index < -0.39 is 0 Å². The minimum Gasteiger partial charge on any atom is -0.488 e. The van der Waals surface area contributed by atoms with Crippen LogP contribution in [0.4, 0.5) is 0 Å². The lowest BCUT2D eigenvalue weighted by atomic mass is 10.1. The van der Waals surface area contributed by atoms with Crippen LogP contribution in [0.25, 0.3) is 22.3 Å². The van der Waals surface area contributed by atoms with Gasteiger partial charge in [0.25, 0.3) is 0 Å². The molecule has 0 spiro atoms. The zero-order valence-corrected chi connectivity index (χ0v) is 12.8. The average molecular weight is 296 g/mol. The number of ether oxygens (including phenoxy) is 1. The SMILES string of the molecule is CC(C)(CCN)Oc1ccc(-c2n[nH]c3ncccc23)cc1. The summed E-state index contributed by atoms with van der Waals surface area (Å²) < 4.78 is 5.98. The lowest BCUT2D eigenvalue weighted by Crippen LogP contribution is -2.31. The van der Waals surface area contributed by atoms with Crippen molar-refractivity contribution in [2.24, 2.45) is 5.73 Å². The van der Waals surface area contributed by atoms with Crippen molar-refractivity contribution in [2.45, 2.75) is 25.9 Å². The van der Waals surface area contributed by atoms with Crippen LogP contribution in [0.2, 0.25) is 0 Å². The minimum absolute atomic E-state index is 0.265. The minimum atomic E-state index is -0.265. The number of H-pyrrole nitrogens is 1. The smallest absolute Gasteiger partial charge is 0.155 e. The van der Waals surface area contributed by atoms with Gasteiger partial charge in [0.2, 0.25) is 0 Å². The molecule has 2 aromatic heterocycles. The third-order valence-corrected chi connectivity index (χ3v) is 3.60. The first kappa shape index (κ1) is 14.5. The van der Waals surface area contributed by atoms with Gasteiger partial charge in [0.1, 0.15) is 17.0 Å². The summed E-state index contributed by atoms with van der Waals surface area (Å²) in [7, 11) is 0. The fourth-order valence-electron chi connectivity index (χ4n) is 2.47. The third kappa shape index (κ3) is 2.94. The first-order chi connectivity index (χ1) is 10.6. The van der Waals surface area contributed by atoms with E-state index in [4.69, 9.17) is 10.5 Å². The third-order valence-electron chi connectivity index (χ3n) is 3.60. The topological polar surface area (TPSA) is 76.8 Å². The first-order valence-electron chi connectivity index (χ1n) is 7.38. The molecule has 5 nitrogen and oxygen atoms in total. The second-order valence-corrected chi connectivity index (χ2v) is 5.90. The lowest BCUT2D eigenvalue weighted by molar-refractivity contribution is 0.102. The van der Waals surface area contributed by atoms with Crippen LogP contribution in [0.15, 0.2) is 42.6 Å². The van der Waals surface area contributed by atoms with Gasteiger partial charge in [-0.1, -0.05) is 0 Å². The molecule has 3 N–H and O–H groups in total. The molecule has 0 fully saturated rings. The van der Waals surface area contributed by atoms with E-state index in [0.29, 0.717) is 6.54 Å². The molecule has 5 heteroatoms. The van der Waals surface area contributed by atoms with Crippen molar-refractivity contribution in [1.82, 2.24) is 15.2 Å². The van der Waals surface area contributed by atoms with Crippen LogP contribution in [0.1, 0.15) is 20.3 Å². The van der Waals surface area contributed by atoms with Crippen molar-refractivity contribution >= 4 is 11.0 Å². The maximum Gasteiger partial charge on any atom is 0.155 e. The summed E-state index contributed by atoms with van der Waals surface area (Å²) in [6.07, 6.45) is 2.56. The number of hydrogen-bond acceptors (Lipinski definition) is 4. The van der Waals surface area contributed by atoms with E-state index in [0.717, 1.165) is 34.5 Å². The van der Waals surface area contributed by atoms with Gasteiger partial charge >= 0.3 is 0 Å². The number of aromatic amines is 1. The van der Waals surface area contributed by atoms with E-state index in [-0.39, 0.29) is 5.60 Å². The quantitative estimate of drug-likeness (QED) is 0.758. The predicted octanol–water partition coefficient (Wildman–Crippen LogP) is 3.13. The average Bonchev–Trinajstić information content (AvgIpc) is 2.91. The molecule has 2 heterocycles. The summed E-state index contributed by atoms with van der Waals surface area (Å²) in [6.45, 7) is 4.69. The fourth-order valence-corrected chi connectivity index (χ4v) is 2.47. The Bertz CT molecular complexity index is 762. The van der Waals surface area contributed by atoms with Gasteiger partial charge in [-0.2, -0.15) is 5.10 Å². The highest BCUT2D eigenvalue weighted by Crippen LogP contribution is 2.28. The summed E-state index contributed by atoms with van der Waals surface area (Å²) in [5.41, 5.74) is 8.07. The van der Waals surface area contributed by atoms with Crippen LogP contribution in [-0.2, 0) is 0 Å². The van der Waals surface area contributed by atoms with E-state index in [9.17, 15) is 0 Å². The van der Waals surface area contributed by atoms with Gasteiger partial charge in [0.05, 0.1) is 0 Å².